The number of hydrogen-bond donors (Lipinski definition) is 2. The van der Waals surface area contributed by atoms with E-state index in [2.05, 4.69) is 45.5 Å². The van der Waals surface area contributed by atoms with Gasteiger partial charge in [0.25, 0.3) is 11.5 Å². The standard InChI is InChI=1S/C38H43N7O4S/c1-5-24-19-43(26-21-49-22-26)12-13-44(24)25-6-7-33(40-17-25)41-31-14-23(18-42(4)36(31)47)27-8-10-39-35(30(27)20-46)45-11-9-28-29-15-38(2,3)16-32(29)50-34(28)37(45)48/h5-8,10,14,17-18,24,26,46H,1,9,11-13,15-16,19-22H2,2-4H3,(H,40,41). The molecule has 2 N–H and O–H groups in total. The highest BCUT2D eigenvalue weighted by atomic mass is 32.1. The van der Waals surface area contributed by atoms with E-state index in [1.165, 1.54) is 20.6 Å². The van der Waals surface area contributed by atoms with Crippen LogP contribution in [0.15, 0.2) is 60.3 Å². The number of hydrogen-bond acceptors (Lipinski definition) is 10. The maximum Gasteiger partial charge on any atom is 0.274 e. The van der Waals surface area contributed by atoms with E-state index in [0.29, 0.717) is 46.6 Å². The van der Waals surface area contributed by atoms with Crippen molar-refractivity contribution in [3.05, 3.63) is 92.3 Å². The zero-order chi connectivity index (χ0) is 34.7. The molecule has 50 heavy (non-hydrogen) atoms. The highest BCUT2D eigenvalue weighted by Gasteiger charge is 2.39. The average Bonchev–Trinajstić information content (AvgIpc) is 3.58. The molecule has 8 rings (SSSR count). The number of aryl methyl sites for hydroxylation is 1. The molecule has 0 spiro atoms. The normalized spacial score (nSPS) is 20.4. The van der Waals surface area contributed by atoms with Gasteiger partial charge in [-0.3, -0.25) is 19.4 Å². The summed E-state index contributed by atoms with van der Waals surface area (Å²) in [6, 6.07) is 8.15. The SMILES string of the molecule is C=CC1CN(C2COC2)CCN1c1ccc(Nc2cc(-c3ccnc(N4CCc5c(sc6c5CC(C)(C)C6)C4=O)c3CO)cn(C)c2=O)nc1. The maximum atomic E-state index is 13.9. The zero-order valence-corrected chi connectivity index (χ0v) is 29.6. The lowest BCUT2D eigenvalue weighted by molar-refractivity contribution is -0.0682. The fourth-order valence-electron chi connectivity index (χ4n) is 7.94. The first-order valence-corrected chi connectivity index (χ1v) is 18.1. The first kappa shape index (κ1) is 32.8. The minimum absolute atomic E-state index is 0.0607. The molecule has 4 aliphatic rings. The number of ether oxygens (including phenoxy) is 1. The topological polar surface area (TPSA) is 116 Å². The van der Waals surface area contributed by atoms with Crippen molar-refractivity contribution in [2.75, 3.05) is 54.5 Å². The number of thiophene rings is 1. The van der Waals surface area contributed by atoms with Gasteiger partial charge in [0, 0.05) is 61.6 Å². The summed E-state index contributed by atoms with van der Waals surface area (Å²) in [5.41, 5.74) is 5.88. The quantitative estimate of drug-likeness (QED) is 0.257. The molecule has 11 nitrogen and oxygen atoms in total. The highest BCUT2D eigenvalue weighted by Crippen LogP contribution is 2.46. The monoisotopic (exact) mass is 693 g/mol. The number of fused-ring (bicyclic) bond motifs is 3. The van der Waals surface area contributed by atoms with E-state index in [4.69, 9.17) is 4.74 Å². The minimum atomic E-state index is -0.312. The maximum absolute atomic E-state index is 13.9. The number of carbonyl (C=O) groups is 1. The summed E-state index contributed by atoms with van der Waals surface area (Å²) < 4.78 is 6.91. The molecule has 0 bridgehead atoms. The first-order valence-electron chi connectivity index (χ1n) is 17.3. The Hall–Kier alpha value is -4.36. The van der Waals surface area contributed by atoms with Gasteiger partial charge in [0.1, 0.15) is 17.3 Å². The first-order chi connectivity index (χ1) is 24.1. The smallest absolute Gasteiger partial charge is 0.274 e. The van der Waals surface area contributed by atoms with Crippen LogP contribution in [0.5, 0.6) is 0 Å². The lowest BCUT2D eigenvalue weighted by atomic mass is 9.89. The van der Waals surface area contributed by atoms with Crippen molar-refractivity contribution in [1.29, 1.82) is 0 Å². The molecule has 1 aliphatic carbocycles. The Kier molecular flexibility index (Phi) is 8.37. The molecular formula is C38H43N7O4S. The van der Waals surface area contributed by atoms with Crippen LogP contribution in [0.2, 0.25) is 0 Å². The lowest BCUT2D eigenvalue weighted by Gasteiger charge is -2.46. The van der Waals surface area contributed by atoms with Gasteiger partial charge in [0.05, 0.1) is 48.7 Å². The second-order valence-electron chi connectivity index (χ2n) is 14.6. The molecule has 7 heterocycles. The third kappa shape index (κ3) is 5.73. The van der Waals surface area contributed by atoms with Crippen LogP contribution in [0.3, 0.4) is 0 Å². The van der Waals surface area contributed by atoms with Crippen LogP contribution in [0.4, 0.5) is 23.0 Å². The molecule has 3 aliphatic heterocycles. The number of carbonyl (C=O) groups excluding carboxylic acids is 1. The van der Waals surface area contributed by atoms with Gasteiger partial charge in [-0.05, 0) is 65.6 Å². The largest absolute Gasteiger partial charge is 0.392 e. The Morgan fingerprint density at radius 2 is 1.96 bits per heavy atom. The molecule has 1 atom stereocenters. The highest BCUT2D eigenvalue weighted by molar-refractivity contribution is 7.14. The van der Waals surface area contributed by atoms with Crippen LogP contribution < -0.4 is 20.7 Å². The molecule has 0 radical (unpaired) electrons. The number of aliphatic hydroxyl groups excluding tert-OH is 1. The summed E-state index contributed by atoms with van der Waals surface area (Å²) in [6.45, 7) is 13.1. The molecule has 12 heteroatoms. The molecule has 1 amide bonds. The fourth-order valence-corrected chi connectivity index (χ4v) is 9.51. The Bertz CT molecular complexity index is 2030. The molecule has 4 aromatic heterocycles. The third-order valence-electron chi connectivity index (χ3n) is 10.7. The van der Waals surface area contributed by atoms with Crippen LogP contribution >= 0.6 is 11.3 Å². The van der Waals surface area contributed by atoms with Gasteiger partial charge >= 0.3 is 0 Å². The van der Waals surface area contributed by atoms with E-state index < -0.39 is 0 Å². The number of nitrogens with zero attached hydrogens (tertiary/aromatic N) is 6. The third-order valence-corrected chi connectivity index (χ3v) is 11.9. The van der Waals surface area contributed by atoms with Crippen molar-refractivity contribution in [1.82, 2.24) is 19.4 Å². The number of nitrogens with one attached hydrogen (secondary N) is 1. The molecule has 2 saturated heterocycles. The number of piperazine rings is 1. The lowest BCUT2D eigenvalue weighted by Crippen LogP contribution is -2.60. The molecule has 260 valence electrons. The fraction of sp³-hybridized carbons (Fsp3) is 0.421. The average molecular weight is 694 g/mol. The van der Waals surface area contributed by atoms with Crippen molar-refractivity contribution >= 4 is 40.3 Å². The summed E-state index contributed by atoms with van der Waals surface area (Å²) >= 11 is 1.62. The van der Waals surface area contributed by atoms with Crippen LogP contribution in [0, 0.1) is 5.41 Å². The number of aromatic nitrogens is 3. The molecule has 0 aromatic carbocycles. The van der Waals surface area contributed by atoms with Gasteiger partial charge < -0.3 is 24.6 Å². The van der Waals surface area contributed by atoms with Crippen LogP contribution in [-0.4, -0.2) is 81.9 Å². The number of aliphatic hydroxyl groups is 1. The van der Waals surface area contributed by atoms with E-state index in [1.807, 2.05) is 30.5 Å². The van der Waals surface area contributed by atoms with Gasteiger partial charge in [0.15, 0.2) is 0 Å². The predicted octanol–water partition coefficient (Wildman–Crippen LogP) is 4.54. The van der Waals surface area contributed by atoms with Gasteiger partial charge in [-0.2, -0.15) is 0 Å². The summed E-state index contributed by atoms with van der Waals surface area (Å²) in [7, 11) is 1.70. The summed E-state index contributed by atoms with van der Waals surface area (Å²) in [5, 5.41) is 13.9. The van der Waals surface area contributed by atoms with Crippen molar-refractivity contribution < 1.29 is 14.6 Å². The van der Waals surface area contributed by atoms with Crippen molar-refractivity contribution in [3.63, 3.8) is 0 Å². The summed E-state index contributed by atoms with van der Waals surface area (Å²) in [4.78, 5) is 45.1. The van der Waals surface area contributed by atoms with Gasteiger partial charge in [-0.25, -0.2) is 9.97 Å². The second-order valence-corrected chi connectivity index (χ2v) is 15.7. The van der Waals surface area contributed by atoms with Gasteiger partial charge in [-0.1, -0.05) is 19.9 Å². The van der Waals surface area contributed by atoms with E-state index >= 15 is 0 Å². The Morgan fingerprint density at radius 1 is 1.12 bits per heavy atom. The number of anilines is 4. The number of pyridine rings is 3. The summed E-state index contributed by atoms with van der Waals surface area (Å²) in [6.07, 6.45) is 10.00. The van der Waals surface area contributed by atoms with Gasteiger partial charge in [-0.15, -0.1) is 17.9 Å². The Labute approximate surface area is 295 Å². The van der Waals surface area contributed by atoms with Gasteiger partial charge in [0.2, 0.25) is 0 Å². The van der Waals surface area contributed by atoms with Crippen LogP contribution in [0.25, 0.3) is 11.1 Å². The molecule has 2 fully saturated rings. The van der Waals surface area contributed by atoms with E-state index in [-0.39, 0.29) is 29.5 Å². The van der Waals surface area contributed by atoms with Crippen LogP contribution in [0.1, 0.15) is 45.1 Å². The molecule has 0 saturated carbocycles. The van der Waals surface area contributed by atoms with E-state index in [1.54, 1.807) is 41.7 Å². The minimum Gasteiger partial charge on any atom is -0.392 e. The molecule has 1 unspecified atom stereocenters. The van der Waals surface area contributed by atoms with Crippen molar-refractivity contribution in [3.8, 4) is 11.1 Å². The second kappa shape index (κ2) is 12.8. The van der Waals surface area contributed by atoms with E-state index in [9.17, 15) is 14.7 Å². The Morgan fingerprint density at radius 3 is 2.68 bits per heavy atom. The van der Waals surface area contributed by atoms with Crippen molar-refractivity contribution in [2.45, 2.75) is 51.8 Å². The Balaban J connectivity index is 1.04. The number of amides is 1. The summed E-state index contributed by atoms with van der Waals surface area (Å²) in [5.74, 6) is 0.936. The zero-order valence-electron chi connectivity index (χ0n) is 28.8. The molecular weight excluding hydrogens is 651 g/mol. The predicted molar refractivity (Wildman–Crippen MR) is 197 cm³/mol. The van der Waals surface area contributed by atoms with Crippen molar-refractivity contribution in [2.24, 2.45) is 12.5 Å². The van der Waals surface area contributed by atoms with Crippen LogP contribution in [-0.2, 0) is 37.7 Å². The number of rotatable bonds is 8. The van der Waals surface area contributed by atoms with E-state index in [0.717, 1.165) is 62.7 Å². The molecule has 4 aromatic rings.